The Balaban J connectivity index is 2.00. The lowest BCUT2D eigenvalue weighted by atomic mass is 10.0. The standard InChI is InChI=1S/C8H13N3O3/c1-14-7(13)11-3-2-8(5-11)4-9-6(12)10-8/h2-5H2,1H3,(H2,9,10,12). The van der Waals surface area contributed by atoms with Crippen LogP contribution in [-0.2, 0) is 4.74 Å². The van der Waals surface area contributed by atoms with Crippen molar-refractivity contribution in [3.8, 4) is 0 Å². The third-order valence-electron chi connectivity index (χ3n) is 2.75. The molecule has 2 N–H and O–H groups in total. The number of hydrogen-bond donors (Lipinski definition) is 2. The molecule has 78 valence electrons. The van der Waals surface area contributed by atoms with Gasteiger partial charge in [-0.1, -0.05) is 0 Å². The predicted octanol–water partition coefficient (Wildman–Crippen LogP) is -0.490. The van der Waals surface area contributed by atoms with Crippen LogP contribution in [0.4, 0.5) is 9.59 Å². The molecule has 2 saturated heterocycles. The van der Waals surface area contributed by atoms with Crippen molar-refractivity contribution in [2.45, 2.75) is 12.0 Å². The zero-order valence-corrected chi connectivity index (χ0v) is 8.00. The molecule has 2 fully saturated rings. The molecule has 0 aromatic rings. The molecule has 0 bridgehead atoms. The molecule has 1 spiro atoms. The smallest absolute Gasteiger partial charge is 0.409 e. The van der Waals surface area contributed by atoms with E-state index in [1.54, 1.807) is 4.90 Å². The third-order valence-corrected chi connectivity index (χ3v) is 2.75. The topological polar surface area (TPSA) is 70.7 Å². The highest BCUT2D eigenvalue weighted by Crippen LogP contribution is 2.23. The number of carbonyl (C=O) groups excluding carboxylic acids is 2. The number of ether oxygens (including phenoxy) is 1. The second kappa shape index (κ2) is 3.04. The largest absolute Gasteiger partial charge is 0.453 e. The number of hydrogen-bond acceptors (Lipinski definition) is 3. The molecule has 1 atom stereocenters. The Hall–Kier alpha value is -1.46. The van der Waals surface area contributed by atoms with E-state index in [1.165, 1.54) is 7.11 Å². The lowest BCUT2D eigenvalue weighted by Crippen LogP contribution is -2.46. The van der Waals surface area contributed by atoms with Crippen LogP contribution in [0.3, 0.4) is 0 Å². The van der Waals surface area contributed by atoms with Gasteiger partial charge in [0.15, 0.2) is 0 Å². The van der Waals surface area contributed by atoms with Crippen molar-refractivity contribution in [1.29, 1.82) is 0 Å². The monoisotopic (exact) mass is 199 g/mol. The van der Waals surface area contributed by atoms with E-state index in [0.717, 1.165) is 6.42 Å². The SMILES string of the molecule is COC(=O)N1CCC2(CNC(=O)N2)C1. The summed E-state index contributed by atoms with van der Waals surface area (Å²) < 4.78 is 4.62. The van der Waals surface area contributed by atoms with Crippen LogP contribution in [0.2, 0.25) is 0 Å². The summed E-state index contributed by atoms with van der Waals surface area (Å²) in [4.78, 5) is 23.8. The first-order valence-electron chi connectivity index (χ1n) is 4.54. The third kappa shape index (κ3) is 1.36. The van der Waals surface area contributed by atoms with E-state index in [-0.39, 0.29) is 17.7 Å². The molecule has 3 amide bonds. The molecule has 0 aliphatic carbocycles. The average Bonchev–Trinajstić information content (AvgIpc) is 2.74. The van der Waals surface area contributed by atoms with E-state index >= 15 is 0 Å². The average molecular weight is 199 g/mol. The Morgan fingerprint density at radius 2 is 2.43 bits per heavy atom. The minimum absolute atomic E-state index is 0.156. The van der Waals surface area contributed by atoms with Crippen molar-refractivity contribution in [2.24, 2.45) is 0 Å². The van der Waals surface area contributed by atoms with Gasteiger partial charge in [-0.3, -0.25) is 0 Å². The van der Waals surface area contributed by atoms with Crippen molar-refractivity contribution in [1.82, 2.24) is 15.5 Å². The first kappa shape index (κ1) is 9.11. The van der Waals surface area contributed by atoms with E-state index in [2.05, 4.69) is 15.4 Å². The Bertz CT molecular complexity index is 281. The number of methoxy groups -OCH3 is 1. The highest BCUT2D eigenvalue weighted by Gasteiger charge is 2.45. The first-order valence-corrected chi connectivity index (χ1v) is 4.54. The van der Waals surface area contributed by atoms with Gasteiger partial charge in [-0.2, -0.15) is 0 Å². The summed E-state index contributed by atoms with van der Waals surface area (Å²) in [6.45, 7) is 1.74. The molecular formula is C8H13N3O3. The van der Waals surface area contributed by atoms with Crippen LogP contribution in [0, 0.1) is 0 Å². The summed E-state index contributed by atoms with van der Waals surface area (Å²) in [5.41, 5.74) is -0.273. The summed E-state index contributed by atoms with van der Waals surface area (Å²) in [5, 5.41) is 5.54. The molecule has 1 unspecified atom stereocenters. The number of likely N-dealkylation sites (tertiary alicyclic amines) is 1. The Kier molecular flexibility index (Phi) is 1.98. The van der Waals surface area contributed by atoms with Gasteiger partial charge in [-0.05, 0) is 6.42 Å². The number of amides is 3. The van der Waals surface area contributed by atoms with Crippen LogP contribution in [0.5, 0.6) is 0 Å². The zero-order valence-electron chi connectivity index (χ0n) is 8.00. The number of rotatable bonds is 0. The van der Waals surface area contributed by atoms with Crippen LogP contribution in [0.15, 0.2) is 0 Å². The normalized spacial score (nSPS) is 30.4. The number of urea groups is 1. The molecular weight excluding hydrogens is 186 g/mol. The van der Waals surface area contributed by atoms with E-state index in [1.807, 2.05) is 0 Å². The van der Waals surface area contributed by atoms with Gasteiger partial charge >= 0.3 is 12.1 Å². The van der Waals surface area contributed by atoms with Gasteiger partial charge in [0.2, 0.25) is 0 Å². The quantitative estimate of drug-likeness (QED) is 0.553. The van der Waals surface area contributed by atoms with E-state index in [9.17, 15) is 9.59 Å². The van der Waals surface area contributed by atoms with Gasteiger partial charge in [0.25, 0.3) is 0 Å². The summed E-state index contributed by atoms with van der Waals surface area (Å²) in [6, 6.07) is -0.156. The summed E-state index contributed by atoms with van der Waals surface area (Å²) in [6.07, 6.45) is 0.448. The van der Waals surface area contributed by atoms with Crippen molar-refractivity contribution in [2.75, 3.05) is 26.7 Å². The van der Waals surface area contributed by atoms with E-state index in [4.69, 9.17) is 0 Å². The first-order chi connectivity index (χ1) is 6.65. The minimum Gasteiger partial charge on any atom is -0.453 e. The molecule has 2 aliphatic heterocycles. The van der Waals surface area contributed by atoms with Gasteiger partial charge < -0.3 is 20.3 Å². The fraction of sp³-hybridized carbons (Fsp3) is 0.750. The second-order valence-electron chi connectivity index (χ2n) is 3.73. The summed E-state index contributed by atoms with van der Waals surface area (Å²) in [7, 11) is 1.36. The molecule has 6 heteroatoms. The van der Waals surface area contributed by atoms with Gasteiger partial charge in [0.1, 0.15) is 0 Å². The number of nitrogens with zero attached hydrogens (tertiary/aromatic N) is 1. The van der Waals surface area contributed by atoms with Crippen LogP contribution in [0.1, 0.15) is 6.42 Å². The fourth-order valence-electron chi connectivity index (χ4n) is 1.98. The Labute approximate surface area is 81.6 Å². The maximum Gasteiger partial charge on any atom is 0.409 e. The molecule has 6 nitrogen and oxygen atoms in total. The predicted molar refractivity (Wildman–Crippen MR) is 47.9 cm³/mol. The fourth-order valence-corrected chi connectivity index (χ4v) is 1.98. The lowest BCUT2D eigenvalue weighted by molar-refractivity contribution is 0.130. The molecule has 2 rings (SSSR count). The van der Waals surface area contributed by atoms with Crippen molar-refractivity contribution in [3.05, 3.63) is 0 Å². The lowest BCUT2D eigenvalue weighted by Gasteiger charge is -2.21. The second-order valence-corrected chi connectivity index (χ2v) is 3.73. The van der Waals surface area contributed by atoms with Crippen LogP contribution in [-0.4, -0.2) is 49.3 Å². The number of nitrogens with one attached hydrogen (secondary N) is 2. The van der Waals surface area contributed by atoms with Crippen molar-refractivity contribution in [3.63, 3.8) is 0 Å². The Morgan fingerprint density at radius 3 is 3.00 bits per heavy atom. The maximum atomic E-state index is 11.2. The maximum absolute atomic E-state index is 11.2. The molecule has 2 aliphatic rings. The molecule has 0 saturated carbocycles. The molecule has 14 heavy (non-hydrogen) atoms. The van der Waals surface area contributed by atoms with Gasteiger partial charge in [-0.15, -0.1) is 0 Å². The molecule has 2 heterocycles. The highest BCUT2D eigenvalue weighted by molar-refractivity contribution is 5.78. The summed E-state index contributed by atoms with van der Waals surface area (Å²) in [5.74, 6) is 0. The van der Waals surface area contributed by atoms with Gasteiger partial charge in [-0.25, -0.2) is 9.59 Å². The van der Waals surface area contributed by atoms with E-state index < -0.39 is 0 Å². The van der Waals surface area contributed by atoms with Crippen molar-refractivity contribution >= 4 is 12.1 Å². The van der Waals surface area contributed by atoms with E-state index in [0.29, 0.717) is 19.6 Å². The summed E-state index contributed by atoms with van der Waals surface area (Å²) >= 11 is 0. The number of carbonyl (C=O) groups is 2. The van der Waals surface area contributed by atoms with Gasteiger partial charge in [0, 0.05) is 19.6 Å². The molecule has 0 aromatic carbocycles. The van der Waals surface area contributed by atoms with Crippen LogP contribution in [0.25, 0.3) is 0 Å². The van der Waals surface area contributed by atoms with Gasteiger partial charge in [0.05, 0.1) is 12.6 Å². The van der Waals surface area contributed by atoms with Crippen LogP contribution >= 0.6 is 0 Å². The van der Waals surface area contributed by atoms with Crippen molar-refractivity contribution < 1.29 is 14.3 Å². The van der Waals surface area contributed by atoms with Crippen LogP contribution < -0.4 is 10.6 Å². The molecule has 0 radical (unpaired) electrons. The Morgan fingerprint density at radius 1 is 1.64 bits per heavy atom. The zero-order chi connectivity index (χ0) is 10.2. The minimum atomic E-state index is -0.331. The molecule has 0 aromatic heterocycles. The highest BCUT2D eigenvalue weighted by atomic mass is 16.5.